The lowest BCUT2D eigenvalue weighted by Crippen LogP contribution is -2.22. The van der Waals surface area contributed by atoms with Gasteiger partial charge in [-0.15, -0.1) is 0 Å². The van der Waals surface area contributed by atoms with Crippen LogP contribution in [0, 0.1) is 6.92 Å². The molecule has 0 saturated carbocycles. The van der Waals surface area contributed by atoms with Crippen molar-refractivity contribution < 1.29 is 4.42 Å². The lowest BCUT2D eigenvalue weighted by Gasteiger charge is -2.00. The van der Waals surface area contributed by atoms with Crippen LogP contribution in [-0.2, 0) is 0 Å². The van der Waals surface area contributed by atoms with Crippen molar-refractivity contribution in [3.8, 4) is 11.3 Å². The molecule has 0 aliphatic heterocycles. The summed E-state index contributed by atoms with van der Waals surface area (Å²) in [6, 6.07) is 17.2. The highest BCUT2D eigenvalue weighted by molar-refractivity contribution is 7.15. The second-order valence-corrected chi connectivity index (χ2v) is 7.72. The van der Waals surface area contributed by atoms with Crippen LogP contribution in [0.4, 0.5) is 0 Å². The van der Waals surface area contributed by atoms with E-state index in [-0.39, 0.29) is 5.56 Å². The Morgan fingerprint density at radius 3 is 2.85 bits per heavy atom. The fourth-order valence-corrected chi connectivity index (χ4v) is 4.22. The summed E-state index contributed by atoms with van der Waals surface area (Å²) in [5, 5.41) is 0.697. The predicted octanol–water partition coefficient (Wildman–Crippen LogP) is 4.68. The maximum Gasteiger partial charge on any atom is 0.275 e. The van der Waals surface area contributed by atoms with Gasteiger partial charge in [-0.05, 0) is 42.8 Å². The second-order valence-electron chi connectivity index (χ2n) is 6.30. The number of aryl methyl sites for hydroxylation is 1. The molecule has 3 heterocycles. The minimum absolute atomic E-state index is 0.0833. The summed E-state index contributed by atoms with van der Waals surface area (Å²) in [6.07, 6.45) is 1.76. The molecule has 0 fully saturated rings. The van der Waals surface area contributed by atoms with E-state index in [0.717, 1.165) is 22.2 Å². The Bertz CT molecular complexity index is 1430. The number of nitrogens with zero attached hydrogens (tertiary/aromatic N) is 2. The molecule has 0 saturated heterocycles. The minimum Gasteiger partial charge on any atom is -0.457 e. The van der Waals surface area contributed by atoms with E-state index in [1.807, 2.05) is 61.5 Å². The zero-order valence-corrected chi connectivity index (χ0v) is 15.8. The Hall–Kier alpha value is -2.89. The van der Waals surface area contributed by atoms with Gasteiger partial charge in [0.2, 0.25) is 0 Å². The van der Waals surface area contributed by atoms with Crippen molar-refractivity contribution in [3.63, 3.8) is 0 Å². The number of para-hydroxylation sites is 2. The molecule has 0 bridgehead atoms. The van der Waals surface area contributed by atoms with Gasteiger partial charge < -0.3 is 4.42 Å². The van der Waals surface area contributed by atoms with Gasteiger partial charge in [-0.2, -0.15) is 0 Å². The molecule has 0 radical (unpaired) electrons. The molecule has 4 nitrogen and oxygen atoms in total. The van der Waals surface area contributed by atoms with Gasteiger partial charge in [-0.25, -0.2) is 9.38 Å². The van der Waals surface area contributed by atoms with Crippen LogP contribution in [-0.4, -0.2) is 9.38 Å². The van der Waals surface area contributed by atoms with Crippen LogP contribution in [0.5, 0.6) is 0 Å². The van der Waals surface area contributed by atoms with Gasteiger partial charge in [0.05, 0.1) is 11.0 Å². The van der Waals surface area contributed by atoms with E-state index in [2.05, 4.69) is 4.98 Å². The molecule has 132 valence electrons. The van der Waals surface area contributed by atoms with E-state index < -0.39 is 0 Å². The minimum atomic E-state index is -0.0833. The highest BCUT2D eigenvalue weighted by Crippen LogP contribution is 2.27. The lowest BCUT2D eigenvalue weighted by atomic mass is 10.1. The lowest BCUT2D eigenvalue weighted by molar-refractivity contribution is 0.571. The Labute approximate surface area is 163 Å². The van der Waals surface area contributed by atoms with Gasteiger partial charge in [-0.1, -0.05) is 47.2 Å². The summed E-state index contributed by atoms with van der Waals surface area (Å²) in [7, 11) is 0. The van der Waals surface area contributed by atoms with Crippen molar-refractivity contribution in [2.24, 2.45) is 0 Å². The van der Waals surface area contributed by atoms with E-state index in [1.54, 1.807) is 10.5 Å². The summed E-state index contributed by atoms with van der Waals surface area (Å²) in [4.78, 5) is 18.0. The van der Waals surface area contributed by atoms with Crippen molar-refractivity contribution in [1.29, 1.82) is 0 Å². The van der Waals surface area contributed by atoms with Crippen LogP contribution < -0.4 is 10.1 Å². The first-order valence-corrected chi connectivity index (χ1v) is 9.58. The van der Waals surface area contributed by atoms with Crippen molar-refractivity contribution in [2.75, 3.05) is 0 Å². The smallest absolute Gasteiger partial charge is 0.275 e. The quantitative estimate of drug-likeness (QED) is 0.438. The summed E-state index contributed by atoms with van der Waals surface area (Å²) in [5.41, 5.74) is 3.48. The van der Waals surface area contributed by atoms with Crippen molar-refractivity contribution in [3.05, 3.63) is 85.8 Å². The second kappa shape index (κ2) is 6.08. The molecule has 0 amide bonds. The van der Waals surface area contributed by atoms with Crippen LogP contribution >= 0.6 is 22.9 Å². The number of hydrogen-bond acceptors (Lipinski definition) is 4. The highest BCUT2D eigenvalue weighted by Gasteiger charge is 2.11. The molecule has 5 rings (SSSR count). The van der Waals surface area contributed by atoms with Gasteiger partial charge in [0.25, 0.3) is 5.56 Å². The van der Waals surface area contributed by atoms with E-state index in [1.165, 1.54) is 11.3 Å². The molecule has 0 aliphatic carbocycles. The Morgan fingerprint density at radius 1 is 1.15 bits per heavy atom. The van der Waals surface area contributed by atoms with Crippen molar-refractivity contribution in [1.82, 2.24) is 9.38 Å². The Kier molecular flexibility index (Phi) is 3.67. The van der Waals surface area contributed by atoms with Gasteiger partial charge in [0.15, 0.2) is 4.96 Å². The third-order valence-electron chi connectivity index (χ3n) is 4.50. The third-order valence-corrected chi connectivity index (χ3v) is 5.88. The predicted molar refractivity (Wildman–Crippen MR) is 110 cm³/mol. The Morgan fingerprint density at radius 2 is 2.00 bits per heavy atom. The molecular weight excluding hydrogens is 380 g/mol. The zero-order valence-electron chi connectivity index (χ0n) is 14.3. The molecular formula is C21H13ClN2O2S. The fourth-order valence-electron chi connectivity index (χ4n) is 3.07. The number of furan rings is 1. The summed E-state index contributed by atoms with van der Waals surface area (Å²) < 4.78 is 8.14. The largest absolute Gasteiger partial charge is 0.457 e. The Balaban J connectivity index is 1.61. The normalized spacial score (nSPS) is 12.4. The maximum absolute atomic E-state index is 12.8. The topological polar surface area (TPSA) is 47.5 Å². The number of hydrogen-bond donors (Lipinski definition) is 0. The molecule has 2 aromatic carbocycles. The molecule has 6 heteroatoms. The fraction of sp³-hybridized carbons (Fsp3) is 0.0476. The first kappa shape index (κ1) is 16.3. The van der Waals surface area contributed by atoms with E-state index in [4.69, 9.17) is 16.0 Å². The molecule has 0 unspecified atom stereocenters. The third kappa shape index (κ3) is 2.67. The standard InChI is InChI=1S/C21H13ClN2O2S/c1-12-6-7-13(10-15(12)22)18-9-8-14(26-18)11-19-20(25)24-17-5-3-2-4-16(17)23-21(24)27-19/h2-11H,1H3/b19-11+. The first-order valence-electron chi connectivity index (χ1n) is 8.38. The van der Waals surface area contributed by atoms with Gasteiger partial charge in [-0.3, -0.25) is 4.79 Å². The molecule has 0 atom stereocenters. The molecule has 0 aliphatic rings. The average Bonchev–Trinajstić information content (AvgIpc) is 3.34. The summed E-state index contributed by atoms with van der Waals surface area (Å²) >= 11 is 7.56. The molecule has 3 aromatic heterocycles. The SMILES string of the molecule is Cc1ccc(-c2ccc(/C=c3/sc4nc5ccccc5n4c3=O)o2)cc1Cl. The van der Waals surface area contributed by atoms with E-state index >= 15 is 0 Å². The van der Waals surface area contributed by atoms with Crippen LogP contribution in [0.15, 0.2) is 63.8 Å². The molecule has 0 N–H and O–H groups in total. The van der Waals surface area contributed by atoms with Gasteiger partial charge in [0.1, 0.15) is 16.1 Å². The number of rotatable bonds is 2. The van der Waals surface area contributed by atoms with Crippen molar-refractivity contribution >= 4 is 45.0 Å². The highest BCUT2D eigenvalue weighted by atomic mass is 35.5. The monoisotopic (exact) mass is 392 g/mol. The number of halogens is 1. The summed E-state index contributed by atoms with van der Waals surface area (Å²) in [6.45, 7) is 1.96. The average molecular weight is 393 g/mol. The van der Waals surface area contributed by atoms with Crippen LogP contribution in [0.3, 0.4) is 0 Å². The van der Waals surface area contributed by atoms with Crippen LogP contribution in [0.25, 0.3) is 33.4 Å². The molecule has 27 heavy (non-hydrogen) atoms. The number of aromatic nitrogens is 2. The number of thiazole rings is 1. The van der Waals surface area contributed by atoms with Crippen LogP contribution in [0.1, 0.15) is 11.3 Å². The molecule has 0 spiro atoms. The maximum atomic E-state index is 12.8. The van der Waals surface area contributed by atoms with Gasteiger partial charge >= 0.3 is 0 Å². The molecule has 5 aromatic rings. The first-order chi connectivity index (χ1) is 13.1. The summed E-state index contributed by atoms with van der Waals surface area (Å²) in [5.74, 6) is 1.33. The number of imidazole rings is 1. The zero-order chi connectivity index (χ0) is 18.5. The van der Waals surface area contributed by atoms with E-state index in [9.17, 15) is 4.79 Å². The van der Waals surface area contributed by atoms with Crippen LogP contribution in [0.2, 0.25) is 5.02 Å². The van der Waals surface area contributed by atoms with Crippen molar-refractivity contribution in [2.45, 2.75) is 6.92 Å². The van der Waals surface area contributed by atoms with Gasteiger partial charge in [0, 0.05) is 16.7 Å². The van der Waals surface area contributed by atoms with E-state index in [0.29, 0.717) is 26.0 Å². The number of benzene rings is 2. The number of fused-ring (bicyclic) bond motifs is 3.